The third-order valence-corrected chi connectivity index (χ3v) is 7.12. The van der Waals surface area contributed by atoms with Crippen LogP contribution >= 0.6 is 0 Å². The topological polar surface area (TPSA) is 142 Å². The first-order valence-electron chi connectivity index (χ1n) is 13.9. The number of imidazole rings is 1. The summed E-state index contributed by atoms with van der Waals surface area (Å²) in [5, 5.41) is 14.2. The van der Waals surface area contributed by atoms with Gasteiger partial charge in [0.15, 0.2) is 5.82 Å². The fraction of sp³-hybridized carbons (Fsp3) is 0.500. The number of halogens is 6. The predicted molar refractivity (Wildman–Crippen MR) is 149 cm³/mol. The number of aliphatic carboxylic acids is 2. The first-order chi connectivity index (χ1) is 21.0. The highest BCUT2D eigenvalue weighted by molar-refractivity contribution is 5.94. The maximum absolute atomic E-state index is 12.8. The Balaban J connectivity index is 0.000000331. The molecule has 0 spiro atoms. The van der Waals surface area contributed by atoms with Crippen molar-refractivity contribution in [3.05, 3.63) is 48.2 Å². The quantitative estimate of drug-likeness (QED) is 0.362. The lowest BCUT2D eigenvalue weighted by molar-refractivity contribution is -0.193. The highest BCUT2D eigenvalue weighted by Gasteiger charge is 2.39. The summed E-state index contributed by atoms with van der Waals surface area (Å²) in [4.78, 5) is 48.9. The fourth-order valence-electron chi connectivity index (χ4n) is 4.85. The highest BCUT2D eigenvalue weighted by atomic mass is 19.4. The molecule has 0 radical (unpaired) electrons. The van der Waals surface area contributed by atoms with Crippen LogP contribution in [0.25, 0.3) is 11.0 Å². The molecule has 0 atom stereocenters. The number of pyridine rings is 2. The van der Waals surface area contributed by atoms with Crippen molar-refractivity contribution < 1.29 is 50.9 Å². The van der Waals surface area contributed by atoms with Gasteiger partial charge in [-0.05, 0) is 57.7 Å². The van der Waals surface area contributed by atoms with Gasteiger partial charge in [0.25, 0.3) is 5.91 Å². The van der Waals surface area contributed by atoms with E-state index in [9.17, 15) is 31.1 Å². The molecule has 2 aliphatic heterocycles. The van der Waals surface area contributed by atoms with Gasteiger partial charge in [0, 0.05) is 56.2 Å². The van der Waals surface area contributed by atoms with Gasteiger partial charge >= 0.3 is 24.3 Å². The van der Waals surface area contributed by atoms with Crippen molar-refractivity contribution in [2.45, 2.75) is 63.8 Å². The Labute approximate surface area is 253 Å². The van der Waals surface area contributed by atoms with Crippen molar-refractivity contribution in [1.82, 2.24) is 24.4 Å². The lowest BCUT2D eigenvalue weighted by atomic mass is 9.92. The molecule has 0 bridgehead atoms. The molecule has 246 valence electrons. The zero-order valence-electron chi connectivity index (χ0n) is 24.3. The Kier molecular flexibility index (Phi) is 11.3. The average molecular weight is 647 g/mol. The van der Waals surface area contributed by atoms with Crippen LogP contribution in [0, 0.1) is 0 Å². The molecule has 2 saturated heterocycles. The number of carbonyl (C=O) groups is 3. The van der Waals surface area contributed by atoms with Crippen molar-refractivity contribution in [3.63, 3.8) is 0 Å². The number of hydrogen-bond acceptors (Lipinski definition) is 7. The van der Waals surface area contributed by atoms with E-state index in [1.54, 1.807) is 12.4 Å². The minimum absolute atomic E-state index is 0.0746. The number of fused-ring (bicyclic) bond motifs is 1. The van der Waals surface area contributed by atoms with Gasteiger partial charge in [-0.3, -0.25) is 9.78 Å². The number of likely N-dealkylation sites (tertiary alicyclic amines) is 1. The molecule has 3 aromatic heterocycles. The number of rotatable bonds is 4. The van der Waals surface area contributed by atoms with Gasteiger partial charge in [-0.1, -0.05) is 0 Å². The third kappa shape index (κ3) is 9.28. The molecule has 0 unspecified atom stereocenters. The Morgan fingerprint density at radius 3 is 1.96 bits per heavy atom. The number of hydrogen-bond donors (Lipinski definition) is 2. The van der Waals surface area contributed by atoms with E-state index in [4.69, 9.17) is 29.8 Å². The van der Waals surface area contributed by atoms with Crippen LogP contribution in [0.4, 0.5) is 32.2 Å². The smallest absolute Gasteiger partial charge is 0.475 e. The van der Waals surface area contributed by atoms with Crippen LogP contribution in [0.1, 0.15) is 67.5 Å². The number of carbonyl (C=O) groups excluding carboxylic acids is 1. The van der Waals surface area contributed by atoms with E-state index in [0.717, 1.165) is 56.0 Å². The van der Waals surface area contributed by atoms with Crippen LogP contribution in [-0.4, -0.2) is 91.0 Å². The summed E-state index contributed by atoms with van der Waals surface area (Å²) in [6.45, 7) is 8.00. The predicted octanol–water partition coefficient (Wildman–Crippen LogP) is 5.29. The summed E-state index contributed by atoms with van der Waals surface area (Å²) in [6.07, 6.45) is -0.570. The van der Waals surface area contributed by atoms with Gasteiger partial charge in [-0.15, -0.1) is 0 Å². The van der Waals surface area contributed by atoms with Crippen LogP contribution in [0.3, 0.4) is 0 Å². The van der Waals surface area contributed by atoms with E-state index >= 15 is 0 Å². The summed E-state index contributed by atoms with van der Waals surface area (Å²) in [7, 11) is 0. The van der Waals surface area contributed by atoms with E-state index in [1.807, 2.05) is 23.4 Å². The van der Waals surface area contributed by atoms with Gasteiger partial charge in [0.1, 0.15) is 5.52 Å². The molecule has 11 nitrogen and oxygen atoms in total. The second-order valence-electron chi connectivity index (χ2n) is 10.6. The zero-order chi connectivity index (χ0) is 33.5. The van der Waals surface area contributed by atoms with E-state index < -0.39 is 24.3 Å². The summed E-state index contributed by atoms with van der Waals surface area (Å²) < 4.78 is 65.7. The molecule has 45 heavy (non-hydrogen) atoms. The first-order valence-corrected chi connectivity index (χ1v) is 13.9. The third-order valence-electron chi connectivity index (χ3n) is 7.12. The van der Waals surface area contributed by atoms with E-state index in [-0.39, 0.29) is 5.91 Å². The molecular weight excluding hydrogens is 614 g/mol. The summed E-state index contributed by atoms with van der Waals surface area (Å²) >= 11 is 0. The normalized spacial score (nSPS) is 15.8. The number of amides is 1. The maximum Gasteiger partial charge on any atom is 0.490 e. The van der Waals surface area contributed by atoms with Crippen LogP contribution in [-0.2, 0) is 9.59 Å². The van der Waals surface area contributed by atoms with Crippen LogP contribution in [0.2, 0.25) is 0 Å². The minimum atomic E-state index is -5.08. The number of anilines is 1. The number of alkyl halides is 6. The van der Waals surface area contributed by atoms with Crippen molar-refractivity contribution in [3.8, 4) is 0 Å². The second kappa shape index (κ2) is 14.6. The zero-order valence-corrected chi connectivity index (χ0v) is 24.3. The van der Waals surface area contributed by atoms with Gasteiger partial charge in [0.2, 0.25) is 0 Å². The van der Waals surface area contributed by atoms with E-state index in [2.05, 4.69) is 34.4 Å². The summed E-state index contributed by atoms with van der Waals surface area (Å²) in [5.41, 5.74) is 4.00. The lowest BCUT2D eigenvalue weighted by Gasteiger charge is -2.32. The van der Waals surface area contributed by atoms with Crippen molar-refractivity contribution in [2.24, 2.45) is 0 Å². The van der Waals surface area contributed by atoms with Crippen molar-refractivity contribution in [2.75, 3.05) is 31.1 Å². The Bertz CT molecular complexity index is 1440. The summed E-state index contributed by atoms with van der Waals surface area (Å²) in [6, 6.07) is 6.25. The highest BCUT2D eigenvalue weighted by Crippen LogP contribution is 2.34. The number of piperidine rings is 1. The Hall–Kier alpha value is -4.44. The SMILES string of the molecule is CC(C)n1cnc2c(N3CCCC3)nc(C3CCN(C(=O)c4cccnc4)CC3)cc21.O=C(O)C(F)(F)F.O=C(O)C(F)(F)F. The van der Waals surface area contributed by atoms with Crippen molar-refractivity contribution >= 4 is 34.7 Å². The molecule has 5 rings (SSSR count). The van der Waals surface area contributed by atoms with Crippen LogP contribution in [0.5, 0.6) is 0 Å². The first kappa shape index (κ1) is 35.0. The molecule has 0 aromatic carbocycles. The fourth-order valence-corrected chi connectivity index (χ4v) is 4.85. The van der Waals surface area contributed by atoms with Gasteiger partial charge in [0.05, 0.1) is 17.4 Å². The minimum Gasteiger partial charge on any atom is -0.475 e. The second-order valence-corrected chi connectivity index (χ2v) is 10.6. The molecule has 5 heterocycles. The molecular formula is C28H32F6N6O5. The average Bonchev–Trinajstić information content (AvgIpc) is 3.67. The molecule has 0 saturated carbocycles. The van der Waals surface area contributed by atoms with E-state index in [0.29, 0.717) is 17.5 Å². The monoisotopic (exact) mass is 646 g/mol. The molecule has 2 aliphatic rings. The maximum atomic E-state index is 12.8. The molecule has 1 amide bonds. The van der Waals surface area contributed by atoms with Gasteiger partial charge < -0.3 is 24.6 Å². The largest absolute Gasteiger partial charge is 0.490 e. The standard InChI is InChI=1S/C24H30N6O.2C2HF3O2/c1-17(2)30-16-26-22-21(30)14-20(27-23(22)28-10-3-4-11-28)18-7-12-29(13-8-18)24(31)19-6-5-9-25-15-19;2*3-2(4,5)1(6)7/h5-6,9,14-18H,3-4,7-8,10-13H2,1-2H3;2*(H,6,7). The molecule has 17 heteroatoms. The van der Waals surface area contributed by atoms with Crippen LogP contribution in [0.15, 0.2) is 36.9 Å². The number of carboxylic acid groups (broad SMARTS) is 2. The van der Waals surface area contributed by atoms with Gasteiger partial charge in [-0.2, -0.15) is 26.3 Å². The molecule has 0 aliphatic carbocycles. The lowest BCUT2D eigenvalue weighted by Crippen LogP contribution is -2.38. The van der Waals surface area contributed by atoms with E-state index in [1.165, 1.54) is 18.4 Å². The molecule has 2 N–H and O–H groups in total. The Morgan fingerprint density at radius 2 is 1.49 bits per heavy atom. The Morgan fingerprint density at radius 1 is 0.933 bits per heavy atom. The summed E-state index contributed by atoms with van der Waals surface area (Å²) in [5.74, 6) is -4.04. The molecule has 2 fully saturated rings. The van der Waals surface area contributed by atoms with Gasteiger partial charge in [-0.25, -0.2) is 19.6 Å². The number of aromatic nitrogens is 4. The molecule has 3 aromatic rings. The number of carboxylic acids is 2. The van der Waals surface area contributed by atoms with Crippen LogP contribution < -0.4 is 4.90 Å². The van der Waals surface area contributed by atoms with Crippen molar-refractivity contribution in [1.29, 1.82) is 0 Å². The number of nitrogens with zero attached hydrogens (tertiary/aromatic N) is 6.